The van der Waals surface area contributed by atoms with Gasteiger partial charge >= 0.3 is 6.03 Å². The molecule has 0 radical (unpaired) electrons. The molecule has 116 valence electrons. The van der Waals surface area contributed by atoms with Crippen LogP contribution >= 0.6 is 0 Å². The van der Waals surface area contributed by atoms with Gasteiger partial charge in [-0.3, -0.25) is 0 Å². The Bertz CT molecular complexity index is 484. The third-order valence-corrected chi connectivity index (χ3v) is 3.94. The van der Waals surface area contributed by atoms with Crippen LogP contribution in [0.2, 0.25) is 0 Å². The van der Waals surface area contributed by atoms with Gasteiger partial charge in [-0.15, -0.1) is 0 Å². The predicted molar refractivity (Wildman–Crippen MR) is 81.5 cm³/mol. The van der Waals surface area contributed by atoms with E-state index in [4.69, 9.17) is 4.74 Å². The van der Waals surface area contributed by atoms with E-state index in [1.807, 2.05) is 6.07 Å². The lowest BCUT2D eigenvalue weighted by Gasteiger charge is -2.26. The van der Waals surface area contributed by atoms with E-state index in [9.17, 15) is 9.90 Å². The molecular weight excluding hydrogens is 268 g/mol. The Hall–Kier alpha value is -1.91. The minimum Gasteiger partial charge on any atom is -0.504 e. The average molecular weight is 292 g/mol. The fourth-order valence-corrected chi connectivity index (χ4v) is 2.71. The van der Waals surface area contributed by atoms with Crippen molar-refractivity contribution in [1.29, 1.82) is 0 Å². The van der Waals surface area contributed by atoms with Crippen molar-refractivity contribution in [2.45, 2.75) is 44.7 Å². The van der Waals surface area contributed by atoms with Gasteiger partial charge in [0.05, 0.1) is 7.11 Å². The van der Waals surface area contributed by atoms with E-state index in [0.29, 0.717) is 18.3 Å². The highest BCUT2D eigenvalue weighted by atomic mass is 16.5. The second-order valence-corrected chi connectivity index (χ2v) is 5.65. The number of carbonyl (C=O) groups is 1. The smallest absolute Gasteiger partial charge is 0.317 e. The molecule has 1 fully saturated rings. The zero-order valence-electron chi connectivity index (χ0n) is 12.8. The van der Waals surface area contributed by atoms with Crippen molar-refractivity contribution in [3.63, 3.8) is 0 Å². The molecule has 0 saturated heterocycles. The summed E-state index contributed by atoms with van der Waals surface area (Å²) in [5.74, 6) is 0.532. The first kappa shape index (κ1) is 15.5. The number of phenolic OH excluding ortho intramolecular Hbond substituents is 1. The van der Waals surface area contributed by atoms with Crippen molar-refractivity contribution in [2.24, 2.45) is 0 Å². The predicted octanol–water partition coefficient (Wildman–Crippen LogP) is 2.87. The van der Waals surface area contributed by atoms with Gasteiger partial charge in [-0.05, 0) is 30.5 Å². The molecule has 2 amide bonds. The molecule has 1 aliphatic carbocycles. The zero-order chi connectivity index (χ0) is 15.2. The van der Waals surface area contributed by atoms with Gasteiger partial charge in [-0.25, -0.2) is 4.79 Å². The van der Waals surface area contributed by atoms with Gasteiger partial charge in [0, 0.05) is 19.6 Å². The average Bonchev–Trinajstić information content (AvgIpc) is 2.48. The summed E-state index contributed by atoms with van der Waals surface area (Å²) in [5.41, 5.74) is 0.870. The summed E-state index contributed by atoms with van der Waals surface area (Å²) in [4.78, 5) is 13.8. The van der Waals surface area contributed by atoms with Crippen LogP contribution in [0.15, 0.2) is 18.2 Å². The SMILES string of the molecule is COc1ccc(CN(C)C(=O)NC2CCCCC2)cc1O. The Labute approximate surface area is 125 Å². The number of rotatable bonds is 4. The Morgan fingerprint density at radius 1 is 1.38 bits per heavy atom. The van der Waals surface area contributed by atoms with Crippen LogP contribution in [0.1, 0.15) is 37.7 Å². The minimum absolute atomic E-state index is 0.0581. The normalized spacial score (nSPS) is 15.5. The fraction of sp³-hybridized carbons (Fsp3) is 0.562. The quantitative estimate of drug-likeness (QED) is 0.897. The summed E-state index contributed by atoms with van der Waals surface area (Å²) in [6, 6.07) is 5.43. The molecule has 0 aliphatic heterocycles. The fourth-order valence-electron chi connectivity index (χ4n) is 2.71. The zero-order valence-corrected chi connectivity index (χ0v) is 12.8. The van der Waals surface area contributed by atoms with Crippen LogP contribution in [0.4, 0.5) is 4.79 Å². The molecule has 0 atom stereocenters. The summed E-state index contributed by atoms with van der Waals surface area (Å²) < 4.78 is 5.01. The van der Waals surface area contributed by atoms with Crippen molar-refractivity contribution < 1.29 is 14.6 Å². The third-order valence-electron chi connectivity index (χ3n) is 3.94. The van der Waals surface area contributed by atoms with Gasteiger partial charge in [0.25, 0.3) is 0 Å². The number of hydrogen-bond donors (Lipinski definition) is 2. The first-order valence-corrected chi connectivity index (χ1v) is 7.47. The lowest BCUT2D eigenvalue weighted by Crippen LogP contribution is -2.43. The highest BCUT2D eigenvalue weighted by Crippen LogP contribution is 2.26. The van der Waals surface area contributed by atoms with Gasteiger partial charge in [0.1, 0.15) is 0 Å². The van der Waals surface area contributed by atoms with Crippen LogP contribution < -0.4 is 10.1 Å². The Morgan fingerprint density at radius 3 is 2.71 bits per heavy atom. The molecule has 5 nitrogen and oxygen atoms in total. The molecule has 0 heterocycles. The van der Waals surface area contributed by atoms with E-state index in [-0.39, 0.29) is 11.8 Å². The largest absolute Gasteiger partial charge is 0.504 e. The number of amides is 2. The summed E-state index contributed by atoms with van der Waals surface area (Å²) >= 11 is 0. The second kappa shape index (κ2) is 7.20. The topological polar surface area (TPSA) is 61.8 Å². The number of urea groups is 1. The molecular formula is C16H24N2O3. The summed E-state index contributed by atoms with van der Waals surface area (Å²) in [7, 11) is 3.28. The monoisotopic (exact) mass is 292 g/mol. The molecule has 0 bridgehead atoms. The highest BCUT2D eigenvalue weighted by Gasteiger charge is 2.18. The van der Waals surface area contributed by atoms with Crippen molar-refractivity contribution >= 4 is 6.03 Å². The van der Waals surface area contributed by atoms with Crippen molar-refractivity contribution in [1.82, 2.24) is 10.2 Å². The first-order chi connectivity index (χ1) is 10.1. The van der Waals surface area contributed by atoms with Gasteiger partial charge in [0.2, 0.25) is 0 Å². The van der Waals surface area contributed by atoms with Crippen LogP contribution in [0.5, 0.6) is 11.5 Å². The third kappa shape index (κ3) is 4.28. The summed E-state index contributed by atoms with van der Waals surface area (Å²) in [6.45, 7) is 0.454. The number of carbonyl (C=O) groups excluding carboxylic acids is 1. The molecule has 1 aromatic carbocycles. The lowest BCUT2D eigenvalue weighted by atomic mass is 9.96. The minimum atomic E-state index is -0.0581. The molecule has 1 aromatic rings. The number of phenols is 1. The van der Waals surface area contributed by atoms with Gasteiger partial charge in [0.15, 0.2) is 11.5 Å². The van der Waals surface area contributed by atoms with Gasteiger partial charge < -0.3 is 20.1 Å². The molecule has 0 aromatic heterocycles. The number of nitrogens with zero attached hydrogens (tertiary/aromatic N) is 1. The standard InChI is InChI=1S/C16H24N2O3/c1-18(16(20)17-13-6-4-3-5-7-13)11-12-8-9-15(21-2)14(19)10-12/h8-10,13,19H,3-7,11H2,1-2H3,(H,17,20). The van der Waals surface area contributed by atoms with Crippen LogP contribution in [0, 0.1) is 0 Å². The summed E-state index contributed by atoms with van der Waals surface area (Å²) in [6.07, 6.45) is 5.81. The maximum Gasteiger partial charge on any atom is 0.317 e. The molecule has 21 heavy (non-hydrogen) atoms. The van der Waals surface area contributed by atoms with E-state index in [2.05, 4.69) is 5.32 Å². The molecule has 1 aliphatic rings. The van der Waals surface area contributed by atoms with E-state index < -0.39 is 0 Å². The maximum atomic E-state index is 12.2. The number of ether oxygens (including phenoxy) is 1. The van der Waals surface area contributed by atoms with E-state index >= 15 is 0 Å². The molecule has 2 rings (SSSR count). The Kier molecular flexibility index (Phi) is 5.31. The Morgan fingerprint density at radius 2 is 2.10 bits per heavy atom. The molecule has 5 heteroatoms. The Balaban J connectivity index is 1.89. The number of nitrogens with one attached hydrogen (secondary N) is 1. The number of aromatic hydroxyl groups is 1. The van der Waals surface area contributed by atoms with E-state index in [1.165, 1.54) is 26.4 Å². The van der Waals surface area contributed by atoms with E-state index in [0.717, 1.165) is 18.4 Å². The summed E-state index contributed by atoms with van der Waals surface area (Å²) in [5, 5.41) is 12.8. The van der Waals surface area contributed by atoms with Crippen LogP contribution in [0.25, 0.3) is 0 Å². The van der Waals surface area contributed by atoms with Gasteiger partial charge in [-0.1, -0.05) is 25.3 Å². The number of hydrogen-bond acceptors (Lipinski definition) is 3. The van der Waals surface area contributed by atoms with Crippen molar-refractivity contribution in [3.05, 3.63) is 23.8 Å². The second-order valence-electron chi connectivity index (χ2n) is 5.65. The first-order valence-electron chi connectivity index (χ1n) is 7.47. The van der Waals surface area contributed by atoms with Crippen molar-refractivity contribution in [2.75, 3.05) is 14.2 Å². The molecule has 1 saturated carbocycles. The van der Waals surface area contributed by atoms with E-state index in [1.54, 1.807) is 24.1 Å². The molecule has 0 unspecified atom stereocenters. The van der Waals surface area contributed by atoms with Gasteiger partial charge in [-0.2, -0.15) is 0 Å². The highest BCUT2D eigenvalue weighted by molar-refractivity contribution is 5.74. The maximum absolute atomic E-state index is 12.2. The van der Waals surface area contributed by atoms with Crippen molar-refractivity contribution in [3.8, 4) is 11.5 Å². The van der Waals surface area contributed by atoms with Crippen LogP contribution in [-0.2, 0) is 6.54 Å². The van der Waals surface area contributed by atoms with Crippen LogP contribution in [0.3, 0.4) is 0 Å². The van der Waals surface area contributed by atoms with Crippen LogP contribution in [-0.4, -0.2) is 36.2 Å². The number of benzene rings is 1. The lowest BCUT2D eigenvalue weighted by molar-refractivity contribution is 0.198. The number of methoxy groups -OCH3 is 1. The molecule has 0 spiro atoms. The molecule has 2 N–H and O–H groups in total.